The van der Waals surface area contributed by atoms with E-state index in [2.05, 4.69) is 4.52 Å². The molecule has 0 spiro atoms. The summed E-state index contributed by atoms with van der Waals surface area (Å²) in [6.07, 6.45) is 0. The third-order valence-electron chi connectivity index (χ3n) is 1.37. The maximum Gasteiger partial charge on any atom is 0.471 e. The minimum atomic E-state index is -5.58. The van der Waals surface area contributed by atoms with Crippen molar-refractivity contribution >= 4 is 23.0 Å². The summed E-state index contributed by atoms with van der Waals surface area (Å²) in [6, 6.07) is 0. The molecule has 0 heterocycles. The highest BCUT2D eigenvalue weighted by molar-refractivity contribution is 7.72. The number of hydrogen-bond donors (Lipinski definition) is 6. The fourth-order valence-electron chi connectivity index (χ4n) is 0.501. The largest absolute Gasteiger partial charge is 0.471 e. The first-order valence-corrected chi connectivity index (χ1v) is 7.84. The van der Waals surface area contributed by atoms with Crippen LogP contribution in [0.15, 0.2) is 0 Å². The van der Waals surface area contributed by atoms with Gasteiger partial charge in [-0.25, -0.2) is 4.57 Å². The lowest BCUT2D eigenvalue weighted by Crippen LogP contribution is -2.27. The second-order valence-electron chi connectivity index (χ2n) is 2.60. The Morgan fingerprint density at radius 2 is 1.13 bits per heavy atom. The molecule has 0 amide bonds. The molecular weight excluding hydrogens is 277 g/mol. The fraction of sp³-hybridized carbons (Fsp3) is 1.00. The number of phosphoric acid groups is 1. The first kappa shape index (κ1) is 15.4. The lowest BCUT2D eigenvalue weighted by atomic mass is 10.9. The van der Waals surface area contributed by atoms with E-state index in [1.807, 2.05) is 0 Å². The lowest BCUT2D eigenvalue weighted by molar-refractivity contribution is 0.117. The van der Waals surface area contributed by atoms with Gasteiger partial charge in [-0.15, -0.1) is 0 Å². The van der Waals surface area contributed by atoms with Crippen molar-refractivity contribution in [2.45, 2.75) is 12.0 Å². The van der Waals surface area contributed by atoms with E-state index in [0.717, 1.165) is 0 Å². The Kier molecular flexibility index (Phi) is 4.12. The van der Waals surface area contributed by atoms with Gasteiger partial charge in [0, 0.05) is 0 Å². The van der Waals surface area contributed by atoms with Crippen LogP contribution in [0.25, 0.3) is 0 Å². The summed E-state index contributed by atoms with van der Waals surface area (Å²) in [4.78, 5) is 50.9. The van der Waals surface area contributed by atoms with Crippen LogP contribution in [0.2, 0.25) is 0 Å². The Balaban J connectivity index is 5.57. The van der Waals surface area contributed by atoms with Crippen molar-refractivity contribution in [3.8, 4) is 0 Å². The van der Waals surface area contributed by atoms with Crippen LogP contribution in [-0.2, 0) is 18.2 Å². The summed E-state index contributed by atoms with van der Waals surface area (Å²) in [7, 11) is -16.6. The molecule has 15 heavy (non-hydrogen) atoms. The molecule has 0 saturated heterocycles. The summed E-state index contributed by atoms with van der Waals surface area (Å²) in [6.45, 7) is 0.216. The van der Waals surface area contributed by atoms with E-state index in [0.29, 0.717) is 0 Å². The van der Waals surface area contributed by atoms with Crippen LogP contribution in [0, 0.1) is 0 Å². The van der Waals surface area contributed by atoms with Crippen LogP contribution in [0.4, 0.5) is 0 Å². The lowest BCUT2D eigenvalue weighted by Gasteiger charge is -2.30. The van der Waals surface area contributed by atoms with Crippen molar-refractivity contribution < 1.29 is 47.6 Å². The van der Waals surface area contributed by atoms with E-state index in [1.165, 1.54) is 0 Å². The Bertz CT molecular complexity index is 344. The van der Waals surface area contributed by atoms with Crippen LogP contribution in [-0.4, -0.2) is 34.4 Å². The smallest absolute Gasteiger partial charge is 0.322 e. The van der Waals surface area contributed by atoms with Gasteiger partial charge >= 0.3 is 23.0 Å². The standard InChI is InChI=1S/C2H9O10P3/c1-2(13(3,4)5,14(6,7)8)12-15(9,10)11/h1H3,(H2,3,4,5)(H2,6,7,8)(H2,9,10,11). The Morgan fingerprint density at radius 1 is 0.867 bits per heavy atom. The van der Waals surface area contributed by atoms with Gasteiger partial charge in [-0.2, -0.15) is 0 Å². The minimum absolute atomic E-state index is 0.216. The molecule has 0 aliphatic carbocycles. The van der Waals surface area contributed by atoms with E-state index in [4.69, 9.17) is 29.4 Å². The third-order valence-corrected chi connectivity index (χ3v) is 6.17. The van der Waals surface area contributed by atoms with Crippen LogP contribution in [0.3, 0.4) is 0 Å². The van der Waals surface area contributed by atoms with Gasteiger partial charge in [-0.05, 0) is 6.92 Å². The fourth-order valence-corrected chi connectivity index (χ4v) is 3.80. The quantitative estimate of drug-likeness (QED) is 0.355. The Labute approximate surface area is 83.5 Å². The van der Waals surface area contributed by atoms with Crippen molar-refractivity contribution in [3.63, 3.8) is 0 Å². The molecule has 10 nitrogen and oxygen atoms in total. The molecule has 0 atom stereocenters. The average Bonchev–Trinajstić information content (AvgIpc) is 1.77. The monoisotopic (exact) mass is 286 g/mol. The van der Waals surface area contributed by atoms with Crippen molar-refractivity contribution in [1.82, 2.24) is 0 Å². The number of phosphoric ester groups is 1. The van der Waals surface area contributed by atoms with Crippen LogP contribution < -0.4 is 0 Å². The van der Waals surface area contributed by atoms with E-state index in [9.17, 15) is 13.7 Å². The zero-order valence-corrected chi connectivity index (χ0v) is 9.84. The summed E-state index contributed by atoms with van der Waals surface area (Å²) < 4.78 is 35.2. The van der Waals surface area contributed by atoms with Gasteiger partial charge in [-0.3, -0.25) is 13.7 Å². The topological polar surface area (TPSA) is 182 Å². The van der Waals surface area contributed by atoms with Crippen molar-refractivity contribution in [2.75, 3.05) is 0 Å². The van der Waals surface area contributed by atoms with Crippen LogP contribution in [0.5, 0.6) is 0 Å². The minimum Gasteiger partial charge on any atom is -0.322 e. The predicted molar refractivity (Wildman–Crippen MR) is 45.6 cm³/mol. The molecule has 13 heteroatoms. The predicted octanol–water partition coefficient (Wildman–Crippen LogP) is -0.875. The maximum atomic E-state index is 10.7. The Morgan fingerprint density at radius 3 is 1.20 bits per heavy atom. The zero-order chi connectivity index (χ0) is 12.7. The van der Waals surface area contributed by atoms with E-state index >= 15 is 0 Å². The number of hydrogen-bond acceptors (Lipinski definition) is 4. The maximum absolute atomic E-state index is 10.7. The molecule has 0 aromatic heterocycles. The van der Waals surface area contributed by atoms with E-state index in [1.54, 1.807) is 0 Å². The van der Waals surface area contributed by atoms with E-state index < -0.39 is 28.1 Å². The van der Waals surface area contributed by atoms with Crippen molar-refractivity contribution in [3.05, 3.63) is 0 Å². The molecule has 0 aromatic carbocycles. The summed E-state index contributed by atoms with van der Waals surface area (Å²) >= 11 is 0. The van der Waals surface area contributed by atoms with Gasteiger partial charge in [0.2, 0.25) is 0 Å². The van der Waals surface area contributed by atoms with Crippen molar-refractivity contribution in [2.24, 2.45) is 0 Å². The molecule has 0 aliphatic rings. The van der Waals surface area contributed by atoms with Crippen LogP contribution >= 0.6 is 23.0 Å². The SMILES string of the molecule is CC(OP(=O)(O)O)(P(=O)(O)O)P(=O)(O)O. The molecule has 0 bridgehead atoms. The van der Waals surface area contributed by atoms with E-state index in [-0.39, 0.29) is 6.92 Å². The first-order chi connectivity index (χ1) is 6.21. The molecule has 0 unspecified atom stereocenters. The molecule has 0 rings (SSSR count). The second kappa shape index (κ2) is 4.01. The van der Waals surface area contributed by atoms with Gasteiger partial charge in [0.05, 0.1) is 0 Å². The molecule has 6 N–H and O–H groups in total. The number of rotatable bonds is 4. The zero-order valence-electron chi connectivity index (χ0n) is 7.16. The summed E-state index contributed by atoms with van der Waals surface area (Å²) in [5.41, 5.74) is 0. The van der Waals surface area contributed by atoms with Gasteiger partial charge < -0.3 is 29.4 Å². The molecule has 92 valence electrons. The van der Waals surface area contributed by atoms with Gasteiger partial charge in [0.15, 0.2) is 0 Å². The normalized spacial score (nSPS) is 15.4. The average molecular weight is 286 g/mol. The third kappa shape index (κ3) is 3.72. The highest BCUT2D eigenvalue weighted by Gasteiger charge is 2.61. The first-order valence-electron chi connectivity index (χ1n) is 3.08. The molecular formula is C2H9O10P3. The highest BCUT2D eigenvalue weighted by atomic mass is 31.2. The van der Waals surface area contributed by atoms with Gasteiger partial charge in [0.25, 0.3) is 5.08 Å². The molecule has 0 aliphatic heterocycles. The van der Waals surface area contributed by atoms with Crippen molar-refractivity contribution in [1.29, 1.82) is 0 Å². The molecule has 0 radical (unpaired) electrons. The van der Waals surface area contributed by atoms with Gasteiger partial charge in [0.1, 0.15) is 0 Å². The molecule has 0 saturated carbocycles. The molecule has 0 aromatic rings. The second-order valence-corrected chi connectivity index (χ2v) is 8.00. The van der Waals surface area contributed by atoms with Crippen LogP contribution in [0.1, 0.15) is 6.92 Å². The summed E-state index contributed by atoms with van der Waals surface area (Å²) in [5, 5.41) is -3.57. The summed E-state index contributed by atoms with van der Waals surface area (Å²) in [5.74, 6) is 0. The van der Waals surface area contributed by atoms with Gasteiger partial charge in [-0.1, -0.05) is 0 Å². The molecule has 0 fully saturated rings. The Hall–Kier alpha value is 0.410. The highest BCUT2D eigenvalue weighted by Crippen LogP contribution is 2.72.